The van der Waals surface area contributed by atoms with Gasteiger partial charge in [0.2, 0.25) is 0 Å². The second kappa shape index (κ2) is 5.63. The average Bonchev–Trinajstić information content (AvgIpc) is 2.20. The van der Waals surface area contributed by atoms with Crippen LogP contribution in [0.5, 0.6) is 0 Å². The Hall–Kier alpha value is -1.24. The monoisotopic (exact) mass is 292 g/mol. The number of alkyl halides is 2. The summed E-state index contributed by atoms with van der Waals surface area (Å²) in [6.07, 6.45) is -0.628. The second-order valence-electron chi connectivity index (χ2n) is 6.50. The number of hydrogen-bond acceptors (Lipinski definition) is 4. The molecule has 0 aromatic carbocycles. The van der Waals surface area contributed by atoms with Gasteiger partial charge in [0.15, 0.2) is 0 Å². The van der Waals surface area contributed by atoms with E-state index in [0.717, 1.165) is 0 Å². The van der Waals surface area contributed by atoms with Gasteiger partial charge in [0.1, 0.15) is 17.4 Å². The topological polar surface area (TPSA) is 67.4 Å². The Kier molecular flexibility index (Phi) is 4.74. The number of nitrogens with one attached hydrogen (secondary N) is 2. The number of halogens is 2. The molecule has 0 bridgehead atoms. The van der Waals surface area contributed by atoms with E-state index in [1.807, 2.05) is 0 Å². The molecule has 0 radical (unpaired) electrons. The van der Waals surface area contributed by atoms with Crippen molar-refractivity contribution in [2.45, 2.75) is 63.6 Å². The molecule has 0 aromatic rings. The molecule has 1 aliphatic carbocycles. The number of amides is 1. The van der Waals surface area contributed by atoms with Crippen LogP contribution < -0.4 is 10.6 Å². The maximum absolute atomic E-state index is 12.7. The Morgan fingerprint density at radius 2 is 1.90 bits per heavy atom. The molecule has 0 heterocycles. The van der Waals surface area contributed by atoms with E-state index in [4.69, 9.17) is 4.74 Å². The van der Waals surface area contributed by atoms with Crippen molar-refractivity contribution >= 4 is 12.4 Å². The molecule has 116 valence electrons. The fourth-order valence-electron chi connectivity index (χ4n) is 1.81. The molecule has 1 saturated carbocycles. The van der Waals surface area contributed by atoms with Gasteiger partial charge in [-0.1, -0.05) is 0 Å². The predicted molar refractivity (Wildman–Crippen MR) is 69.8 cm³/mol. The number of alkyl carbamates (subject to hydrolysis) is 1. The highest BCUT2D eigenvalue weighted by atomic mass is 19.3. The summed E-state index contributed by atoms with van der Waals surface area (Å²) in [5.41, 5.74) is -1.86. The van der Waals surface area contributed by atoms with Crippen molar-refractivity contribution in [2.75, 3.05) is 6.54 Å². The van der Waals surface area contributed by atoms with Gasteiger partial charge in [-0.2, -0.15) is 0 Å². The molecule has 0 aromatic heterocycles. The predicted octanol–water partition coefficient (Wildman–Crippen LogP) is 1.86. The first-order valence-corrected chi connectivity index (χ1v) is 6.53. The minimum atomic E-state index is -2.62. The second-order valence-corrected chi connectivity index (χ2v) is 6.50. The number of hydrogen-bond donors (Lipinski definition) is 2. The Labute approximate surface area is 117 Å². The first-order chi connectivity index (χ1) is 8.95. The number of rotatable bonds is 5. The van der Waals surface area contributed by atoms with Crippen molar-refractivity contribution in [3.05, 3.63) is 0 Å². The molecular formula is C13H22F2N2O3. The summed E-state index contributed by atoms with van der Waals surface area (Å²) in [5.74, 6) is -2.62. The summed E-state index contributed by atoms with van der Waals surface area (Å²) < 4.78 is 30.4. The van der Waals surface area contributed by atoms with E-state index in [9.17, 15) is 18.4 Å². The van der Waals surface area contributed by atoms with E-state index in [2.05, 4.69) is 10.6 Å². The van der Waals surface area contributed by atoms with E-state index in [0.29, 0.717) is 6.29 Å². The number of aldehydes is 1. The molecule has 20 heavy (non-hydrogen) atoms. The van der Waals surface area contributed by atoms with Crippen LogP contribution in [-0.4, -0.2) is 42.0 Å². The van der Waals surface area contributed by atoms with Gasteiger partial charge in [0, 0.05) is 25.4 Å². The lowest BCUT2D eigenvalue weighted by Gasteiger charge is -2.37. The third kappa shape index (κ3) is 5.40. The molecule has 1 aliphatic rings. The van der Waals surface area contributed by atoms with Crippen molar-refractivity contribution in [2.24, 2.45) is 0 Å². The minimum absolute atomic E-state index is 0.0799. The zero-order valence-corrected chi connectivity index (χ0v) is 12.3. The molecule has 1 amide bonds. The van der Waals surface area contributed by atoms with E-state index >= 15 is 0 Å². The summed E-state index contributed by atoms with van der Waals surface area (Å²) in [7, 11) is 0. The van der Waals surface area contributed by atoms with E-state index < -0.39 is 23.2 Å². The van der Waals surface area contributed by atoms with Gasteiger partial charge in [-0.3, -0.25) is 0 Å². The zero-order chi connectivity index (χ0) is 15.6. The van der Waals surface area contributed by atoms with Crippen LogP contribution >= 0.6 is 0 Å². The van der Waals surface area contributed by atoms with Crippen molar-refractivity contribution in [3.63, 3.8) is 0 Å². The van der Waals surface area contributed by atoms with E-state index in [1.54, 1.807) is 20.8 Å². The smallest absolute Gasteiger partial charge is 0.408 e. The molecule has 1 fully saturated rings. The largest absolute Gasteiger partial charge is 0.444 e. The molecule has 0 spiro atoms. The van der Waals surface area contributed by atoms with Gasteiger partial charge < -0.3 is 20.2 Å². The Morgan fingerprint density at radius 3 is 2.30 bits per heavy atom. The number of carbonyl (C=O) groups excluding carboxylic acids is 2. The van der Waals surface area contributed by atoms with Gasteiger partial charge in [-0.05, 0) is 27.7 Å². The van der Waals surface area contributed by atoms with Crippen LogP contribution in [0.3, 0.4) is 0 Å². The lowest BCUT2D eigenvalue weighted by Crippen LogP contribution is -2.59. The van der Waals surface area contributed by atoms with Crippen molar-refractivity contribution in [3.8, 4) is 0 Å². The van der Waals surface area contributed by atoms with Crippen LogP contribution in [0.15, 0.2) is 0 Å². The molecule has 0 unspecified atom stereocenters. The first-order valence-electron chi connectivity index (χ1n) is 6.53. The fraction of sp³-hybridized carbons (Fsp3) is 0.846. The number of ether oxygens (including phenoxy) is 1. The van der Waals surface area contributed by atoms with Crippen LogP contribution in [0, 0.1) is 0 Å². The summed E-state index contributed by atoms with van der Waals surface area (Å²) in [6.45, 7) is 6.71. The molecule has 1 atom stereocenters. The van der Waals surface area contributed by atoms with Gasteiger partial charge in [-0.25, -0.2) is 13.6 Å². The fourth-order valence-corrected chi connectivity index (χ4v) is 1.81. The van der Waals surface area contributed by atoms with Crippen LogP contribution in [0.2, 0.25) is 0 Å². The van der Waals surface area contributed by atoms with Gasteiger partial charge in [-0.15, -0.1) is 0 Å². The summed E-state index contributed by atoms with van der Waals surface area (Å²) in [4.78, 5) is 22.7. The molecule has 2 N–H and O–H groups in total. The maximum atomic E-state index is 12.7. The molecule has 0 aliphatic heterocycles. The van der Waals surface area contributed by atoms with Crippen LogP contribution in [0.4, 0.5) is 13.6 Å². The van der Waals surface area contributed by atoms with E-state index in [1.165, 1.54) is 6.92 Å². The highest BCUT2D eigenvalue weighted by molar-refractivity contribution is 5.76. The van der Waals surface area contributed by atoms with Gasteiger partial charge in [0.05, 0.1) is 0 Å². The van der Waals surface area contributed by atoms with Crippen LogP contribution in [0.1, 0.15) is 40.5 Å². The van der Waals surface area contributed by atoms with Crippen LogP contribution in [-0.2, 0) is 9.53 Å². The molecule has 7 heteroatoms. The molecular weight excluding hydrogens is 270 g/mol. The SMILES string of the molecule is CC(C)(C)OC(=O)N[C@@](C)(C=O)CNC1CC(F)(F)C1. The Morgan fingerprint density at radius 1 is 1.35 bits per heavy atom. The lowest BCUT2D eigenvalue weighted by atomic mass is 9.87. The van der Waals surface area contributed by atoms with Crippen molar-refractivity contribution in [1.29, 1.82) is 0 Å². The molecule has 0 saturated heterocycles. The standard InChI is InChI=1S/C13H22F2N2O3/c1-11(2,3)20-10(19)17-12(4,8-18)7-16-9-5-13(14,15)6-9/h8-9,16H,5-7H2,1-4H3,(H,17,19)/t12-/m1/s1. The minimum Gasteiger partial charge on any atom is -0.444 e. The quantitative estimate of drug-likeness (QED) is 0.759. The van der Waals surface area contributed by atoms with Crippen LogP contribution in [0.25, 0.3) is 0 Å². The highest BCUT2D eigenvalue weighted by Gasteiger charge is 2.45. The normalized spacial score (nSPS) is 21.5. The van der Waals surface area contributed by atoms with Crippen molar-refractivity contribution in [1.82, 2.24) is 10.6 Å². The molecule has 5 nitrogen and oxygen atoms in total. The summed E-state index contributed by atoms with van der Waals surface area (Å²) in [5, 5.41) is 5.30. The van der Waals surface area contributed by atoms with Gasteiger partial charge >= 0.3 is 6.09 Å². The Balaban J connectivity index is 2.42. The van der Waals surface area contributed by atoms with Crippen molar-refractivity contribution < 1.29 is 23.1 Å². The number of carbonyl (C=O) groups is 2. The maximum Gasteiger partial charge on any atom is 0.408 e. The lowest BCUT2D eigenvalue weighted by molar-refractivity contribution is -0.113. The third-order valence-corrected chi connectivity index (χ3v) is 2.89. The van der Waals surface area contributed by atoms with Gasteiger partial charge in [0.25, 0.3) is 5.92 Å². The highest BCUT2D eigenvalue weighted by Crippen LogP contribution is 2.37. The summed E-state index contributed by atoms with van der Waals surface area (Å²) in [6, 6.07) is -0.329. The summed E-state index contributed by atoms with van der Waals surface area (Å²) >= 11 is 0. The Bertz CT molecular complexity index is 374. The average molecular weight is 292 g/mol. The van der Waals surface area contributed by atoms with E-state index in [-0.39, 0.29) is 25.4 Å². The zero-order valence-electron chi connectivity index (χ0n) is 12.3. The third-order valence-electron chi connectivity index (χ3n) is 2.89. The molecule has 1 rings (SSSR count). The first kappa shape index (κ1) is 16.8.